The summed E-state index contributed by atoms with van der Waals surface area (Å²) in [5, 5.41) is 0. The molecule has 2 atom stereocenters. The average Bonchev–Trinajstić information content (AvgIpc) is 3.39. The van der Waals surface area contributed by atoms with Crippen LogP contribution in [-0.2, 0) is 22.4 Å². The maximum Gasteiger partial charge on any atom is 0.309 e. The van der Waals surface area contributed by atoms with Gasteiger partial charge in [-0.05, 0) is 48.2 Å². The quantitative estimate of drug-likeness (QED) is 0.591. The van der Waals surface area contributed by atoms with Gasteiger partial charge in [-0.1, -0.05) is 0 Å². The number of ether oxygens (including phenoxy) is 7. The van der Waals surface area contributed by atoms with Gasteiger partial charge in [-0.3, -0.25) is 4.79 Å². The Morgan fingerprint density at radius 2 is 1.45 bits per heavy atom. The van der Waals surface area contributed by atoms with Crippen LogP contribution in [0.3, 0.4) is 0 Å². The monoisotopic (exact) mass is 430 g/mol. The van der Waals surface area contributed by atoms with Crippen molar-refractivity contribution in [2.45, 2.75) is 12.8 Å². The van der Waals surface area contributed by atoms with Gasteiger partial charge in [0.15, 0.2) is 23.0 Å². The Morgan fingerprint density at radius 3 is 2.10 bits per heavy atom. The highest BCUT2D eigenvalue weighted by atomic mass is 16.7. The zero-order valence-corrected chi connectivity index (χ0v) is 18.1. The van der Waals surface area contributed by atoms with E-state index in [1.165, 1.54) is 0 Å². The highest BCUT2D eigenvalue weighted by Gasteiger charge is 2.37. The van der Waals surface area contributed by atoms with Crippen LogP contribution in [0.15, 0.2) is 24.3 Å². The van der Waals surface area contributed by atoms with Crippen molar-refractivity contribution in [3.63, 3.8) is 0 Å². The van der Waals surface area contributed by atoms with Gasteiger partial charge in [0.25, 0.3) is 0 Å². The lowest BCUT2D eigenvalue weighted by molar-refractivity contribution is -0.141. The first kappa shape index (κ1) is 21.0. The molecule has 2 heterocycles. The summed E-state index contributed by atoms with van der Waals surface area (Å²) >= 11 is 0. The number of methoxy groups -OCH3 is 4. The van der Waals surface area contributed by atoms with E-state index < -0.39 is 0 Å². The third-order valence-corrected chi connectivity index (χ3v) is 5.71. The fourth-order valence-corrected chi connectivity index (χ4v) is 4.17. The largest absolute Gasteiger partial charge is 0.493 e. The SMILES string of the molecule is COc1cc(C[C@H]2C(=O)OC[C@H]2Cc2cc(OC)c3c(c2)OCO3)cc(OC)c1OC. The van der Waals surface area contributed by atoms with E-state index in [0.717, 1.165) is 11.1 Å². The minimum absolute atomic E-state index is 0.0108. The van der Waals surface area contributed by atoms with E-state index >= 15 is 0 Å². The van der Waals surface area contributed by atoms with E-state index in [4.69, 9.17) is 33.2 Å². The third-order valence-electron chi connectivity index (χ3n) is 5.71. The predicted molar refractivity (Wildman–Crippen MR) is 111 cm³/mol. The maximum absolute atomic E-state index is 12.5. The summed E-state index contributed by atoms with van der Waals surface area (Å²) in [6.45, 7) is 0.536. The molecule has 0 unspecified atom stereocenters. The molecule has 0 bridgehead atoms. The molecular weight excluding hydrogens is 404 g/mol. The van der Waals surface area contributed by atoms with Gasteiger partial charge in [-0.2, -0.15) is 0 Å². The van der Waals surface area contributed by atoms with Gasteiger partial charge >= 0.3 is 5.97 Å². The van der Waals surface area contributed by atoms with Crippen LogP contribution < -0.4 is 28.4 Å². The third kappa shape index (κ3) is 4.02. The summed E-state index contributed by atoms with van der Waals surface area (Å²) in [5.41, 5.74) is 1.91. The number of hydrogen-bond acceptors (Lipinski definition) is 8. The second-order valence-electron chi connectivity index (χ2n) is 7.47. The minimum Gasteiger partial charge on any atom is -0.493 e. The molecule has 2 aromatic rings. The van der Waals surface area contributed by atoms with Gasteiger partial charge in [0, 0.05) is 5.92 Å². The molecule has 0 spiro atoms. The molecule has 1 saturated heterocycles. The Morgan fingerprint density at radius 1 is 0.806 bits per heavy atom. The van der Waals surface area contributed by atoms with E-state index in [1.54, 1.807) is 28.4 Å². The molecule has 0 N–H and O–H groups in total. The van der Waals surface area contributed by atoms with E-state index in [9.17, 15) is 4.79 Å². The van der Waals surface area contributed by atoms with Crippen LogP contribution in [0.2, 0.25) is 0 Å². The Labute approximate surface area is 180 Å². The number of benzene rings is 2. The van der Waals surface area contributed by atoms with Crippen LogP contribution in [0.1, 0.15) is 11.1 Å². The van der Waals surface area contributed by atoms with Crippen molar-refractivity contribution in [2.24, 2.45) is 11.8 Å². The molecular formula is C23H26O8. The average molecular weight is 430 g/mol. The van der Waals surface area contributed by atoms with Gasteiger partial charge in [0.1, 0.15) is 0 Å². The first-order valence-electron chi connectivity index (χ1n) is 10.00. The van der Waals surface area contributed by atoms with Gasteiger partial charge in [-0.25, -0.2) is 0 Å². The Kier molecular flexibility index (Phi) is 5.97. The standard InChI is InChI=1S/C23H26O8/c1-25-17-8-14(9-18(26-2)21(17)28-4)6-16-15(11-29-23(16)24)5-13-7-19(27-3)22-20(10-13)30-12-31-22/h7-10,15-16H,5-6,11-12H2,1-4H3/t15-,16-/m1/s1. The minimum atomic E-state index is -0.292. The van der Waals surface area contributed by atoms with Crippen LogP contribution >= 0.6 is 0 Å². The van der Waals surface area contributed by atoms with Crippen molar-refractivity contribution in [1.29, 1.82) is 0 Å². The number of rotatable bonds is 8. The van der Waals surface area contributed by atoms with Crippen LogP contribution in [0.4, 0.5) is 0 Å². The highest BCUT2D eigenvalue weighted by molar-refractivity contribution is 5.75. The summed E-state index contributed by atoms with van der Waals surface area (Å²) < 4.78 is 38.1. The number of esters is 1. The summed E-state index contributed by atoms with van der Waals surface area (Å²) in [6, 6.07) is 7.60. The molecule has 166 valence electrons. The van der Waals surface area contributed by atoms with Crippen LogP contribution in [0.25, 0.3) is 0 Å². The molecule has 1 fully saturated rings. The molecule has 8 nitrogen and oxygen atoms in total. The zero-order chi connectivity index (χ0) is 22.0. The number of hydrogen-bond donors (Lipinski definition) is 0. The Bertz CT molecular complexity index is 945. The molecule has 0 aromatic heterocycles. The number of fused-ring (bicyclic) bond motifs is 1. The highest BCUT2D eigenvalue weighted by Crippen LogP contribution is 2.43. The van der Waals surface area contributed by atoms with E-state index in [1.807, 2.05) is 24.3 Å². The molecule has 8 heteroatoms. The van der Waals surface area contributed by atoms with Gasteiger partial charge in [0.05, 0.1) is 41.0 Å². The molecule has 31 heavy (non-hydrogen) atoms. The molecule has 0 amide bonds. The molecule has 2 aliphatic heterocycles. The lowest BCUT2D eigenvalue weighted by Gasteiger charge is -2.18. The molecule has 0 radical (unpaired) electrons. The fourth-order valence-electron chi connectivity index (χ4n) is 4.17. The second-order valence-corrected chi connectivity index (χ2v) is 7.47. The summed E-state index contributed by atoms with van der Waals surface area (Å²) in [5.74, 6) is 3.03. The Balaban J connectivity index is 1.57. The summed E-state index contributed by atoms with van der Waals surface area (Å²) in [7, 11) is 6.29. The molecule has 2 aromatic carbocycles. The molecule has 0 saturated carbocycles. The van der Waals surface area contributed by atoms with Crippen molar-refractivity contribution in [1.82, 2.24) is 0 Å². The van der Waals surface area contributed by atoms with Crippen molar-refractivity contribution in [2.75, 3.05) is 41.8 Å². The van der Waals surface area contributed by atoms with Crippen LogP contribution in [0.5, 0.6) is 34.5 Å². The smallest absolute Gasteiger partial charge is 0.309 e. The topological polar surface area (TPSA) is 81.7 Å². The number of cyclic esters (lactones) is 1. The zero-order valence-electron chi connectivity index (χ0n) is 18.1. The first-order valence-corrected chi connectivity index (χ1v) is 10.00. The normalized spacial score (nSPS) is 19.2. The summed E-state index contributed by atoms with van der Waals surface area (Å²) in [6.07, 6.45) is 1.15. The van der Waals surface area contributed by atoms with E-state index in [-0.39, 0.29) is 24.6 Å². The number of carbonyl (C=O) groups is 1. The van der Waals surface area contributed by atoms with Gasteiger partial charge in [0.2, 0.25) is 18.3 Å². The van der Waals surface area contributed by atoms with E-state index in [0.29, 0.717) is 53.9 Å². The van der Waals surface area contributed by atoms with Gasteiger partial charge < -0.3 is 33.2 Å². The van der Waals surface area contributed by atoms with Crippen molar-refractivity contribution in [3.05, 3.63) is 35.4 Å². The fraction of sp³-hybridized carbons (Fsp3) is 0.435. The lowest BCUT2D eigenvalue weighted by Crippen LogP contribution is -2.20. The number of carbonyl (C=O) groups excluding carboxylic acids is 1. The predicted octanol–water partition coefficient (Wildman–Crippen LogP) is 3.02. The molecule has 2 aliphatic rings. The molecule has 4 rings (SSSR count). The van der Waals surface area contributed by atoms with Crippen LogP contribution in [0, 0.1) is 11.8 Å². The van der Waals surface area contributed by atoms with Crippen molar-refractivity contribution < 1.29 is 38.0 Å². The second kappa shape index (κ2) is 8.83. The van der Waals surface area contributed by atoms with E-state index in [2.05, 4.69) is 0 Å². The molecule has 0 aliphatic carbocycles. The van der Waals surface area contributed by atoms with Crippen molar-refractivity contribution in [3.8, 4) is 34.5 Å². The first-order chi connectivity index (χ1) is 15.1. The Hall–Kier alpha value is -3.29. The lowest BCUT2D eigenvalue weighted by atomic mass is 9.85. The van der Waals surface area contributed by atoms with Crippen LogP contribution in [-0.4, -0.2) is 47.8 Å². The van der Waals surface area contributed by atoms with Crippen molar-refractivity contribution >= 4 is 5.97 Å². The van der Waals surface area contributed by atoms with Gasteiger partial charge in [-0.15, -0.1) is 0 Å². The summed E-state index contributed by atoms with van der Waals surface area (Å²) in [4.78, 5) is 12.5. The maximum atomic E-state index is 12.5.